The SMILES string of the molecule is O=C1CCC(c2ccccc2)CC1.O=S(=O)(OC1=CCC(c2ccccc2)CC1)C(F)(F)F. The maximum absolute atomic E-state index is 12.2. The number of Topliss-reactive ketones (excluding diaryl/α,β-unsaturated/α-hetero) is 1. The van der Waals surface area contributed by atoms with E-state index in [4.69, 9.17) is 0 Å². The summed E-state index contributed by atoms with van der Waals surface area (Å²) in [6.07, 6.45) is 6.26. The first-order valence-corrected chi connectivity index (χ1v) is 12.4. The Morgan fingerprint density at radius 2 is 1.24 bits per heavy atom. The van der Waals surface area contributed by atoms with Gasteiger partial charge in [-0.2, -0.15) is 21.6 Å². The number of hydrogen-bond acceptors (Lipinski definition) is 4. The second kappa shape index (κ2) is 11.0. The number of hydrogen-bond donors (Lipinski definition) is 0. The summed E-state index contributed by atoms with van der Waals surface area (Å²) in [6, 6.07) is 20.1. The largest absolute Gasteiger partial charge is 0.534 e. The Bertz CT molecular complexity index is 1040. The van der Waals surface area contributed by atoms with Crippen LogP contribution in [0.4, 0.5) is 13.2 Å². The minimum absolute atomic E-state index is 0.130. The average molecular weight is 481 g/mol. The summed E-state index contributed by atoms with van der Waals surface area (Å²) in [7, 11) is -5.55. The zero-order chi connectivity index (χ0) is 23.9. The molecule has 2 aliphatic rings. The summed E-state index contributed by atoms with van der Waals surface area (Å²) in [5.74, 6) is 1.11. The van der Waals surface area contributed by atoms with Crippen molar-refractivity contribution in [2.75, 3.05) is 0 Å². The molecule has 1 atom stereocenters. The van der Waals surface area contributed by atoms with Crippen LogP contribution in [0.5, 0.6) is 0 Å². The van der Waals surface area contributed by atoms with Gasteiger partial charge in [0, 0.05) is 19.3 Å². The number of carbonyl (C=O) groups excluding carboxylic acids is 1. The molecule has 1 saturated carbocycles. The van der Waals surface area contributed by atoms with E-state index in [1.807, 2.05) is 36.4 Å². The Morgan fingerprint density at radius 1 is 0.758 bits per heavy atom. The molecule has 2 aliphatic carbocycles. The molecule has 8 heteroatoms. The topological polar surface area (TPSA) is 60.4 Å². The van der Waals surface area contributed by atoms with Crippen molar-refractivity contribution in [3.05, 3.63) is 83.6 Å². The van der Waals surface area contributed by atoms with E-state index >= 15 is 0 Å². The van der Waals surface area contributed by atoms with Crippen LogP contribution in [0, 0.1) is 0 Å². The zero-order valence-electron chi connectivity index (χ0n) is 18.1. The van der Waals surface area contributed by atoms with E-state index in [1.54, 1.807) is 0 Å². The van der Waals surface area contributed by atoms with Gasteiger partial charge in [-0.1, -0.05) is 60.7 Å². The molecule has 0 heterocycles. The molecule has 0 aromatic heterocycles. The number of allylic oxidation sites excluding steroid dienone is 2. The first kappa shape index (κ1) is 25.0. The monoisotopic (exact) mass is 480 g/mol. The molecule has 0 saturated heterocycles. The Kier molecular flexibility index (Phi) is 8.35. The highest BCUT2D eigenvalue weighted by Gasteiger charge is 2.48. The van der Waals surface area contributed by atoms with E-state index in [9.17, 15) is 26.4 Å². The lowest BCUT2D eigenvalue weighted by Gasteiger charge is -2.22. The maximum Gasteiger partial charge on any atom is 0.534 e. The van der Waals surface area contributed by atoms with Crippen molar-refractivity contribution in [2.45, 2.75) is 62.3 Å². The van der Waals surface area contributed by atoms with Gasteiger partial charge in [0.25, 0.3) is 0 Å². The van der Waals surface area contributed by atoms with Crippen molar-refractivity contribution in [1.29, 1.82) is 0 Å². The molecular formula is C25H27F3O4S. The van der Waals surface area contributed by atoms with Crippen LogP contribution in [0.2, 0.25) is 0 Å². The van der Waals surface area contributed by atoms with Crippen LogP contribution < -0.4 is 0 Å². The number of carbonyl (C=O) groups is 1. The first-order chi connectivity index (χ1) is 15.7. The van der Waals surface area contributed by atoms with Crippen LogP contribution in [-0.2, 0) is 19.1 Å². The van der Waals surface area contributed by atoms with Crippen molar-refractivity contribution >= 4 is 15.9 Å². The minimum atomic E-state index is -5.55. The Hall–Kier alpha value is -2.61. The third-order valence-electron chi connectivity index (χ3n) is 5.95. The van der Waals surface area contributed by atoms with E-state index in [0.717, 1.165) is 31.2 Å². The minimum Gasteiger partial charge on any atom is -0.381 e. The van der Waals surface area contributed by atoms with Crippen LogP contribution in [0.15, 0.2) is 72.5 Å². The summed E-state index contributed by atoms with van der Waals surface area (Å²) in [4.78, 5) is 11.0. The van der Waals surface area contributed by atoms with Crippen molar-refractivity contribution < 1.29 is 30.6 Å². The Balaban J connectivity index is 0.000000203. The Labute approximate surface area is 192 Å². The molecule has 178 valence electrons. The number of benzene rings is 2. The van der Waals surface area contributed by atoms with Gasteiger partial charge in [0.15, 0.2) is 0 Å². The van der Waals surface area contributed by atoms with Gasteiger partial charge in [0.2, 0.25) is 0 Å². The van der Waals surface area contributed by atoms with E-state index in [2.05, 4.69) is 28.4 Å². The molecule has 4 rings (SSSR count). The van der Waals surface area contributed by atoms with E-state index in [-0.39, 0.29) is 18.1 Å². The third-order valence-corrected chi connectivity index (χ3v) is 6.96. The molecular weight excluding hydrogens is 453 g/mol. The molecule has 0 bridgehead atoms. The van der Waals surface area contributed by atoms with Gasteiger partial charge in [0.1, 0.15) is 11.5 Å². The third kappa shape index (κ3) is 7.19. The van der Waals surface area contributed by atoms with Crippen LogP contribution in [0.1, 0.15) is 67.9 Å². The molecule has 0 radical (unpaired) electrons. The lowest BCUT2D eigenvalue weighted by atomic mass is 9.84. The number of ketones is 1. The van der Waals surface area contributed by atoms with Crippen molar-refractivity contribution in [1.82, 2.24) is 0 Å². The van der Waals surface area contributed by atoms with E-state index in [0.29, 0.717) is 24.5 Å². The highest BCUT2D eigenvalue weighted by Crippen LogP contribution is 2.35. The van der Waals surface area contributed by atoms with Gasteiger partial charge in [0.05, 0.1) is 0 Å². The fourth-order valence-electron chi connectivity index (χ4n) is 4.10. The quantitative estimate of drug-likeness (QED) is 0.365. The Morgan fingerprint density at radius 3 is 1.70 bits per heavy atom. The second-order valence-electron chi connectivity index (χ2n) is 8.26. The highest BCUT2D eigenvalue weighted by atomic mass is 32.2. The van der Waals surface area contributed by atoms with E-state index in [1.165, 1.54) is 11.6 Å². The van der Waals surface area contributed by atoms with Gasteiger partial charge < -0.3 is 4.18 Å². The van der Waals surface area contributed by atoms with E-state index < -0.39 is 15.6 Å². The summed E-state index contributed by atoms with van der Waals surface area (Å²) in [6.45, 7) is 0. The zero-order valence-corrected chi connectivity index (χ0v) is 18.9. The van der Waals surface area contributed by atoms with Crippen LogP contribution >= 0.6 is 0 Å². The number of halogens is 3. The fourth-order valence-corrected chi connectivity index (χ4v) is 4.63. The summed E-state index contributed by atoms with van der Waals surface area (Å²) < 4.78 is 62.5. The van der Waals surface area contributed by atoms with Crippen LogP contribution in [-0.4, -0.2) is 19.7 Å². The molecule has 1 fully saturated rings. The summed E-state index contributed by atoms with van der Waals surface area (Å²) in [5, 5.41) is 0. The van der Waals surface area contributed by atoms with Gasteiger partial charge in [-0.3, -0.25) is 4.79 Å². The predicted molar refractivity (Wildman–Crippen MR) is 120 cm³/mol. The van der Waals surface area contributed by atoms with Gasteiger partial charge >= 0.3 is 15.6 Å². The standard InChI is InChI=1S/C13H13F3O3S.C12H14O/c14-13(15,16)20(17,18)19-12-8-6-11(7-9-12)10-4-2-1-3-5-10;13-12-8-6-11(7-9-12)10-4-2-1-3-5-10/h1-5,8,11H,6-7,9H2;1-5,11H,6-9H2. The normalized spacial score (nSPS) is 19.8. The van der Waals surface area contributed by atoms with Crippen LogP contribution in [0.25, 0.3) is 0 Å². The molecule has 1 unspecified atom stereocenters. The van der Waals surface area contributed by atoms with Crippen LogP contribution in [0.3, 0.4) is 0 Å². The molecule has 33 heavy (non-hydrogen) atoms. The van der Waals surface area contributed by atoms with Gasteiger partial charge in [-0.05, 0) is 54.7 Å². The molecule has 0 N–H and O–H groups in total. The fraction of sp³-hybridized carbons (Fsp3) is 0.400. The number of rotatable bonds is 4. The first-order valence-electron chi connectivity index (χ1n) is 11.0. The summed E-state index contributed by atoms with van der Waals surface area (Å²) >= 11 is 0. The van der Waals surface area contributed by atoms with Crippen molar-refractivity contribution in [3.8, 4) is 0 Å². The molecule has 2 aromatic rings. The average Bonchev–Trinajstić information content (AvgIpc) is 2.81. The second-order valence-corrected chi connectivity index (χ2v) is 9.80. The molecule has 0 amide bonds. The van der Waals surface area contributed by atoms with Crippen molar-refractivity contribution in [3.63, 3.8) is 0 Å². The van der Waals surface area contributed by atoms with Crippen molar-refractivity contribution in [2.24, 2.45) is 0 Å². The lowest BCUT2D eigenvalue weighted by Crippen LogP contribution is -2.25. The molecule has 2 aromatic carbocycles. The van der Waals surface area contributed by atoms with Gasteiger partial charge in [-0.25, -0.2) is 0 Å². The molecule has 0 aliphatic heterocycles. The number of alkyl halides is 3. The highest BCUT2D eigenvalue weighted by molar-refractivity contribution is 7.87. The maximum atomic E-state index is 12.2. The predicted octanol–water partition coefficient (Wildman–Crippen LogP) is 6.62. The lowest BCUT2D eigenvalue weighted by molar-refractivity contribution is -0.120. The molecule has 0 spiro atoms. The van der Waals surface area contributed by atoms with Gasteiger partial charge in [-0.15, -0.1) is 0 Å². The molecule has 4 nitrogen and oxygen atoms in total. The smallest absolute Gasteiger partial charge is 0.381 e. The summed E-state index contributed by atoms with van der Waals surface area (Å²) in [5.41, 5.74) is -2.90.